The molecule has 1 aliphatic rings. The number of rotatable bonds is 3. The van der Waals surface area contributed by atoms with E-state index in [2.05, 4.69) is 27.1 Å². The predicted octanol–water partition coefficient (Wildman–Crippen LogP) is 1.26. The van der Waals surface area contributed by atoms with Crippen LogP contribution in [0.4, 0.5) is 5.00 Å². The van der Waals surface area contributed by atoms with Gasteiger partial charge in [0.15, 0.2) is 0 Å². The zero-order valence-corrected chi connectivity index (χ0v) is 10.1. The van der Waals surface area contributed by atoms with Crippen molar-refractivity contribution in [3.8, 4) is 0 Å². The minimum atomic E-state index is -0.213. The second-order valence-corrected chi connectivity index (χ2v) is 4.91. The van der Waals surface area contributed by atoms with E-state index in [1.165, 1.54) is 11.5 Å². The molecule has 0 unspecified atom stereocenters. The second-order valence-electron chi connectivity index (χ2n) is 4.12. The Labute approximate surface area is 98.8 Å². The smallest absolute Gasteiger partial charge is 0.231 e. The highest BCUT2D eigenvalue weighted by molar-refractivity contribution is 7.10. The van der Waals surface area contributed by atoms with Crippen molar-refractivity contribution in [2.75, 3.05) is 18.4 Å². The maximum absolute atomic E-state index is 12.2. The first-order valence-electron chi connectivity index (χ1n) is 5.56. The lowest BCUT2D eigenvalue weighted by molar-refractivity contribution is -0.127. The van der Waals surface area contributed by atoms with Crippen LogP contribution in [-0.4, -0.2) is 28.6 Å². The van der Waals surface area contributed by atoms with Gasteiger partial charge in [0.2, 0.25) is 5.91 Å². The van der Waals surface area contributed by atoms with E-state index in [1.807, 2.05) is 0 Å². The van der Waals surface area contributed by atoms with Crippen LogP contribution < -0.4 is 10.6 Å². The van der Waals surface area contributed by atoms with E-state index in [9.17, 15) is 4.79 Å². The van der Waals surface area contributed by atoms with E-state index in [-0.39, 0.29) is 11.3 Å². The molecule has 0 radical (unpaired) electrons. The summed E-state index contributed by atoms with van der Waals surface area (Å²) < 4.78 is 3.73. The first-order valence-corrected chi connectivity index (χ1v) is 6.34. The Morgan fingerprint density at radius 2 is 2.38 bits per heavy atom. The highest BCUT2D eigenvalue weighted by atomic mass is 32.1. The van der Waals surface area contributed by atoms with Crippen LogP contribution in [0.1, 0.15) is 26.2 Å². The van der Waals surface area contributed by atoms with E-state index >= 15 is 0 Å². The van der Waals surface area contributed by atoms with Gasteiger partial charge in [-0.2, -0.15) is 0 Å². The molecule has 5 nitrogen and oxygen atoms in total. The molecule has 0 aliphatic carbocycles. The van der Waals surface area contributed by atoms with Crippen molar-refractivity contribution in [1.29, 1.82) is 0 Å². The second kappa shape index (κ2) is 4.88. The Morgan fingerprint density at radius 3 is 2.94 bits per heavy atom. The summed E-state index contributed by atoms with van der Waals surface area (Å²) in [4.78, 5) is 12.2. The van der Waals surface area contributed by atoms with Crippen molar-refractivity contribution in [2.24, 2.45) is 5.41 Å². The fourth-order valence-corrected chi connectivity index (χ4v) is 2.53. The van der Waals surface area contributed by atoms with Crippen molar-refractivity contribution in [1.82, 2.24) is 14.9 Å². The SMILES string of the molecule is CCC1(C(=O)Nc2cnns2)CCNCC1. The highest BCUT2D eigenvalue weighted by Crippen LogP contribution is 2.34. The van der Waals surface area contributed by atoms with Crippen LogP contribution in [0.25, 0.3) is 0 Å². The largest absolute Gasteiger partial charge is 0.317 e. The first-order chi connectivity index (χ1) is 7.77. The summed E-state index contributed by atoms with van der Waals surface area (Å²) in [5.41, 5.74) is -0.213. The van der Waals surface area contributed by atoms with Gasteiger partial charge in [0.05, 0.1) is 11.6 Å². The van der Waals surface area contributed by atoms with Crippen LogP contribution in [0.15, 0.2) is 6.20 Å². The molecule has 6 heteroatoms. The molecule has 88 valence electrons. The summed E-state index contributed by atoms with van der Waals surface area (Å²) in [6.07, 6.45) is 4.28. The summed E-state index contributed by atoms with van der Waals surface area (Å²) in [5.74, 6) is 0.113. The van der Waals surface area contributed by atoms with E-state index in [0.717, 1.165) is 37.4 Å². The Bertz CT molecular complexity index is 346. The topological polar surface area (TPSA) is 66.9 Å². The van der Waals surface area contributed by atoms with Crippen molar-refractivity contribution >= 4 is 22.4 Å². The molecule has 16 heavy (non-hydrogen) atoms. The molecule has 2 heterocycles. The molecule has 0 aromatic carbocycles. The van der Waals surface area contributed by atoms with Crippen LogP contribution in [0, 0.1) is 5.41 Å². The van der Waals surface area contributed by atoms with Gasteiger partial charge in [-0.25, -0.2) is 0 Å². The molecule has 1 amide bonds. The molecule has 0 atom stereocenters. The van der Waals surface area contributed by atoms with E-state index in [0.29, 0.717) is 0 Å². The number of aromatic nitrogens is 2. The number of hydrogen-bond acceptors (Lipinski definition) is 5. The number of amides is 1. The molecule has 0 spiro atoms. The number of piperidine rings is 1. The molecule has 1 aromatic rings. The molecule has 0 bridgehead atoms. The van der Waals surface area contributed by atoms with E-state index in [1.54, 1.807) is 6.20 Å². The normalized spacial score (nSPS) is 19.3. The third kappa shape index (κ3) is 2.22. The van der Waals surface area contributed by atoms with Crippen LogP contribution in [0.5, 0.6) is 0 Å². The van der Waals surface area contributed by atoms with Gasteiger partial charge < -0.3 is 10.6 Å². The van der Waals surface area contributed by atoms with Crippen molar-refractivity contribution in [2.45, 2.75) is 26.2 Å². The fraction of sp³-hybridized carbons (Fsp3) is 0.700. The molecular formula is C10H16N4OS. The minimum Gasteiger partial charge on any atom is -0.317 e. The van der Waals surface area contributed by atoms with Crippen LogP contribution in [0.3, 0.4) is 0 Å². The van der Waals surface area contributed by atoms with E-state index in [4.69, 9.17) is 0 Å². The number of nitrogens with zero attached hydrogens (tertiary/aromatic N) is 2. The zero-order chi connectivity index (χ0) is 11.4. The van der Waals surface area contributed by atoms with Crippen LogP contribution >= 0.6 is 11.5 Å². The number of anilines is 1. The number of carbonyl (C=O) groups excluding carboxylic acids is 1. The number of carbonyl (C=O) groups is 1. The third-order valence-corrected chi connectivity index (χ3v) is 3.90. The lowest BCUT2D eigenvalue weighted by Gasteiger charge is -2.35. The maximum atomic E-state index is 12.2. The first kappa shape index (κ1) is 11.5. The van der Waals surface area contributed by atoms with E-state index < -0.39 is 0 Å². The summed E-state index contributed by atoms with van der Waals surface area (Å²) in [6.45, 7) is 3.92. The Morgan fingerprint density at radius 1 is 1.62 bits per heavy atom. The van der Waals surface area contributed by atoms with Crippen molar-refractivity contribution in [3.63, 3.8) is 0 Å². The quantitative estimate of drug-likeness (QED) is 0.834. The predicted molar refractivity (Wildman–Crippen MR) is 63.4 cm³/mol. The summed E-state index contributed by atoms with van der Waals surface area (Å²) in [7, 11) is 0. The summed E-state index contributed by atoms with van der Waals surface area (Å²) in [5, 5.41) is 10.6. The summed E-state index contributed by atoms with van der Waals surface area (Å²) in [6, 6.07) is 0. The highest BCUT2D eigenvalue weighted by Gasteiger charge is 2.37. The standard InChI is InChI=1S/C10H16N4OS/c1-2-10(3-5-11-6-4-10)9(15)13-8-7-12-14-16-8/h7,11H,2-6H2,1H3,(H,13,15). The minimum absolute atomic E-state index is 0.113. The van der Waals surface area contributed by atoms with Gasteiger partial charge in [-0.15, -0.1) is 5.10 Å². The lowest BCUT2D eigenvalue weighted by atomic mass is 9.76. The average Bonchev–Trinajstić information content (AvgIpc) is 2.82. The fourth-order valence-electron chi connectivity index (χ4n) is 2.11. The van der Waals surface area contributed by atoms with Gasteiger partial charge in [0.1, 0.15) is 5.00 Å². The molecule has 2 N–H and O–H groups in total. The number of nitrogens with one attached hydrogen (secondary N) is 2. The Hall–Kier alpha value is -1.01. The molecule has 1 aromatic heterocycles. The van der Waals surface area contributed by atoms with Crippen molar-refractivity contribution < 1.29 is 4.79 Å². The third-order valence-electron chi connectivity index (χ3n) is 3.32. The number of hydrogen-bond donors (Lipinski definition) is 2. The van der Waals surface area contributed by atoms with Gasteiger partial charge in [0.25, 0.3) is 0 Å². The zero-order valence-electron chi connectivity index (χ0n) is 9.32. The monoisotopic (exact) mass is 240 g/mol. The van der Waals surface area contributed by atoms with Crippen molar-refractivity contribution in [3.05, 3.63) is 6.20 Å². The Kier molecular flexibility index (Phi) is 3.50. The van der Waals surface area contributed by atoms with Gasteiger partial charge in [-0.3, -0.25) is 4.79 Å². The lowest BCUT2D eigenvalue weighted by Crippen LogP contribution is -2.44. The summed E-state index contributed by atoms with van der Waals surface area (Å²) >= 11 is 1.22. The molecule has 2 rings (SSSR count). The molecular weight excluding hydrogens is 224 g/mol. The molecule has 1 saturated heterocycles. The van der Waals surface area contributed by atoms with Gasteiger partial charge in [-0.1, -0.05) is 11.4 Å². The van der Waals surface area contributed by atoms with Gasteiger partial charge in [0, 0.05) is 11.5 Å². The maximum Gasteiger partial charge on any atom is 0.231 e. The molecule has 1 fully saturated rings. The average molecular weight is 240 g/mol. The van der Waals surface area contributed by atoms with Gasteiger partial charge in [-0.05, 0) is 32.4 Å². The molecule has 0 saturated carbocycles. The Balaban J connectivity index is 2.06. The van der Waals surface area contributed by atoms with Gasteiger partial charge >= 0.3 is 0 Å². The van der Waals surface area contributed by atoms with Crippen LogP contribution in [-0.2, 0) is 4.79 Å². The van der Waals surface area contributed by atoms with Crippen LogP contribution in [0.2, 0.25) is 0 Å². The molecule has 1 aliphatic heterocycles.